The van der Waals surface area contributed by atoms with Gasteiger partial charge in [-0.05, 0) is 61.5 Å². The van der Waals surface area contributed by atoms with Crippen molar-refractivity contribution in [3.8, 4) is 17.0 Å². The van der Waals surface area contributed by atoms with Gasteiger partial charge in [-0.2, -0.15) is 0 Å². The van der Waals surface area contributed by atoms with E-state index in [-0.39, 0.29) is 11.7 Å². The molecule has 0 atom stereocenters. The van der Waals surface area contributed by atoms with Crippen molar-refractivity contribution >= 4 is 22.5 Å². The van der Waals surface area contributed by atoms with Crippen molar-refractivity contribution in [2.75, 3.05) is 37.7 Å². The van der Waals surface area contributed by atoms with Crippen LogP contribution in [0.3, 0.4) is 0 Å². The first-order chi connectivity index (χ1) is 16.6. The maximum absolute atomic E-state index is 13.4. The quantitative estimate of drug-likeness (QED) is 0.404. The SMILES string of the molecule is CCOc1cc(-c2ccc(F)cc2)nc2ccc(C(=O)N3CCN(c4ccccc4)CC3)cc12. The van der Waals surface area contributed by atoms with Crippen molar-refractivity contribution in [1.29, 1.82) is 0 Å². The van der Waals surface area contributed by atoms with E-state index in [4.69, 9.17) is 9.72 Å². The van der Waals surface area contributed by atoms with Gasteiger partial charge in [0.2, 0.25) is 0 Å². The summed E-state index contributed by atoms with van der Waals surface area (Å²) >= 11 is 0. The van der Waals surface area contributed by atoms with E-state index >= 15 is 0 Å². The third kappa shape index (κ3) is 4.44. The zero-order valence-corrected chi connectivity index (χ0v) is 19.1. The normalized spacial score (nSPS) is 13.8. The molecule has 0 spiro atoms. The van der Waals surface area contributed by atoms with Gasteiger partial charge in [-0.1, -0.05) is 18.2 Å². The number of aromatic nitrogens is 1. The maximum Gasteiger partial charge on any atom is 0.254 e. The summed E-state index contributed by atoms with van der Waals surface area (Å²) in [6, 6.07) is 23.9. The van der Waals surface area contributed by atoms with Gasteiger partial charge >= 0.3 is 0 Å². The number of ether oxygens (including phenoxy) is 1. The number of carbonyl (C=O) groups excluding carboxylic acids is 1. The number of pyridine rings is 1. The van der Waals surface area contributed by atoms with Crippen LogP contribution in [0.2, 0.25) is 0 Å². The van der Waals surface area contributed by atoms with Crippen LogP contribution in [0.5, 0.6) is 5.75 Å². The van der Waals surface area contributed by atoms with Gasteiger partial charge in [0, 0.05) is 54.4 Å². The molecule has 1 aliphatic heterocycles. The highest BCUT2D eigenvalue weighted by Crippen LogP contribution is 2.31. The van der Waals surface area contributed by atoms with Crippen molar-refractivity contribution in [3.63, 3.8) is 0 Å². The Morgan fingerprint density at radius 3 is 2.38 bits per heavy atom. The van der Waals surface area contributed by atoms with E-state index < -0.39 is 0 Å². The third-order valence-corrected chi connectivity index (χ3v) is 6.15. The Hall–Kier alpha value is -3.93. The minimum absolute atomic E-state index is 0.0136. The van der Waals surface area contributed by atoms with Crippen LogP contribution < -0.4 is 9.64 Å². The minimum Gasteiger partial charge on any atom is -0.493 e. The Kier molecular flexibility index (Phi) is 6.12. The van der Waals surface area contributed by atoms with Crippen LogP contribution in [0.25, 0.3) is 22.2 Å². The third-order valence-electron chi connectivity index (χ3n) is 6.15. The molecule has 2 heterocycles. The van der Waals surface area contributed by atoms with Crippen LogP contribution >= 0.6 is 0 Å². The highest BCUT2D eigenvalue weighted by molar-refractivity contribution is 6.00. The molecule has 4 aromatic rings. The Balaban J connectivity index is 1.40. The number of anilines is 1. The van der Waals surface area contributed by atoms with Crippen molar-refractivity contribution in [3.05, 3.63) is 90.2 Å². The lowest BCUT2D eigenvalue weighted by molar-refractivity contribution is 0.0747. The summed E-state index contributed by atoms with van der Waals surface area (Å²) in [5.41, 5.74) is 4.05. The molecule has 5 rings (SSSR count). The predicted molar refractivity (Wildman–Crippen MR) is 133 cm³/mol. The summed E-state index contributed by atoms with van der Waals surface area (Å²) in [7, 11) is 0. The lowest BCUT2D eigenvalue weighted by Crippen LogP contribution is -2.48. The van der Waals surface area contributed by atoms with Gasteiger partial charge in [-0.25, -0.2) is 9.37 Å². The molecule has 172 valence electrons. The fourth-order valence-electron chi connectivity index (χ4n) is 4.36. The monoisotopic (exact) mass is 455 g/mol. The number of nitrogens with zero attached hydrogens (tertiary/aromatic N) is 3. The molecule has 0 aliphatic carbocycles. The molecule has 0 radical (unpaired) electrons. The summed E-state index contributed by atoms with van der Waals surface area (Å²) in [6.45, 7) is 5.36. The number of piperazine rings is 1. The molecule has 6 heteroatoms. The summed E-state index contributed by atoms with van der Waals surface area (Å²) in [6.07, 6.45) is 0. The molecule has 5 nitrogen and oxygen atoms in total. The van der Waals surface area contributed by atoms with Crippen LogP contribution in [-0.4, -0.2) is 48.6 Å². The predicted octanol–water partition coefficient (Wildman–Crippen LogP) is 5.40. The number of para-hydroxylation sites is 1. The molecule has 0 saturated carbocycles. The topological polar surface area (TPSA) is 45.7 Å². The first-order valence-corrected chi connectivity index (χ1v) is 11.5. The Morgan fingerprint density at radius 1 is 0.941 bits per heavy atom. The first-order valence-electron chi connectivity index (χ1n) is 11.5. The van der Waals surface area contributed by atoms with Crippen molar-refractivity contribution in [2.45, 2.75) is 6.92 Å². The Labute approximate surface area is 198 Å². The molecule has 1 aromatic heterocycles. The standard InChI is InChI=1S/C28H26FN3O2/c1-2-34-27-19-26(20-8-11-22(29)12-9-20)30-25-13-10-21(18-24(25)27)28(33)32-16-14-31(15-17-32)23-6-4-3-5-7-23/h3-13,18-19H,2,14-17H2,1H3. The second kappa shape index (κ2) is 9.51. The average molecular weight is 456 g/mol. The van der Waals surface area contributed by atoms with Crippen molar-refractivity contribution in [2.24, 2.45) is 0 Å². The first kappa shape index (κ1) is 21.9. The highest BCUT2D eigenvalue weighted by Gasteiger charge is 2.23. The Morgan fingerprint density at radius 2 is 1.68 bits per heavy atom. The molecular weight excluding hydrogens is 429 g/mol. The molecule has 3 aromatic carbocycles. The summed E-state index contributed by atoms with van der Waals surface area (Å²) in [4.78, 5) is 22.2. The molecule has 1 aliphatic rings. The fraction of sp³-hybridized carbons (Fsp3) is 0.214. The van der Waals surface area contributed by atoms with Gasteiger partial charge in [0.25, 0.3) is 5.91 Å². The number of amides is 1. The molecule has 0 bridgehead atoms. The van der Waals surface area contributed by atoms with Gasteiger partial charge in [-0.3, -0.25) is 4.79 Å². The lowest BCUT2D eigenvalue weighted by Gasteiger charge is -2.36. The Bertz CT molecular complexity index is 1300. The zero-order chi connectivity index (χ0) is 23.5. The van der Waals surface area contributed by atoms with E-state index in [1.165, 1.54) is 17.8 Å². The minimum atomic E-state index is -0.290. The molecule has 0 N–H and O–H groups in total. The second-order valence-corrected chi connectivity index (χ2v) is 8.29. The van der Waals surface area contributed by atoms with E-state index in [9.17, 15) is 9.18 Å². The fourth-order valence-corrected chi connectivity index (χ4v) is 4.36. The molecule has 1 amide bonds. The van der Waals surface area contributed by atoms with E-state index in [0.29, 0.717) is 36.7 Å². The van der Waals surface area contributed by atoms with E-state index in [1.807, 2.05) is 54.3 Å². The summed E-state index contributed by atoms with van der Waals surface area (Å²) < 4.78 is 19.3. The molecule has 0 unspecified atom stereocenters. The van der Waals surface area contributed by atoms with Gasteiger partial charge in [0.05, 0.1) is 17.8 Å². The number of hydrogen-bond donors (Lipinski definition) is 0. The van der Waals surface area contributed by atoms with Crippen LogP contribution in [0.15, 0.2) is 78.9 Å². The van der Waals surface area contributed by atoms with Gasteiger partial charge in [0.15, 0.2) is 0 Å². The summed E-state index contributed by atoms with van der Waals surface area (Å²) in [5, 5.41) is 0.793. The average Bonchev–Trinajstić information content (AvgIpc) is 2.89. The van der Waals surface area contributed by atoms with Crippen molar-refractivity contribution in [1.82, 2.24) is 9.88 Å². The van der Waals surface area contributed by atoms with Crippen LogP contribution in [0.4, 0.5) is 10.1 Å². The number of fused-ring (bicyclic) bond motifs is 1. The number of halogens is 1. The van der Waals surface area contributed by atoms with Crippen LogP contribution in [0.1, 0.15) is 17.3 Å². The van der Waals surface area contributed by atoms with Gasteiger partial charge in [-0.15, -0.1) is 0 Å². The summed E-state index contributed by atoms with van der Waals surface area (Å²) in [5.74, 6) is 0.386. The maximum atomic E-state index is 13.4. The highest BCUT2D eigenvalue weighted by atomic mass is 19.1. The number of hydrogen-bond acceptors (Lipinski definition) is 4. The van der Waals surface area contributed by atoms with E-state index in [1.54, 1.807) is 12.1 Å². The van der Waals surface area contributed by atoms with Gasteiger partial charge in [0.1, 0.15) is 11.6 Å². The smallest absolute Gasteiger partial charge is 0.254 e. The van der Waals surface area contributed by atoms with Crippen molar-refractivity contribution < 1.29 is 13.9 Å². The molecular formula is C28H26FN3O2. The van der Waals surface area contributed by atoms with Crippen LogP contribution in [-0.2, 0) is 0 Å². The number of carbonyl (C=O) groups is 1. The zero-order valence-electron chi connectivity index (χ0n) is 19.1. The molecule has 34 heavy (non-hydrogen) atoms. The second-order valence-electron chi connectivity index (χ2n) is 8.29. The van der Waals surface area contributed by atoms with Crippen LogP contribution in [0, 0.1) is 5.82 Å². The van der Waals surface area contributed by atoms with E-state index in [0.717, 1.165) is 29.6 Å². The number of benzene rings is 3. The molecule has 1 fully saturated rings. The van der Waals surface area contributed by atoms with E-state index in [2.05, 4.69) is 17.0 Å². The number of rotatable bonds is 5. The van der Waals surface area contributed by atoms with Gasteiger partial charge < -0.3 is 14.5 Å². The largest absolute Gasteiger partial charge is 0.493 e. The lowest BCUT2D eigenvalue weighted by atomic mass is 10.1. The molecule has 1 saturated heterocycles.